The van der Waals surface area contributed by atoms with Crippen molar-refractivity contribution < 1.29 is 28.2 Å². The van der Waals surface area contributed by atoms with Crippen molar-refractivity contribution in [1.82, 2.24) is 19.9 Å². The van der Waals surface area contributed by atoms with Crippen LogP contribution in [0.3, 0.4) is 0 Å². The Kier molecular flexibility index (Phi) is 9.83. The summed E-state index contributed by atoms with van der Waals surface area (Å²) in [6, 6.07) is 2.84. The Bertz CT molecular complexity index is 1100. The number of hydrogen-bond acceptors (Lipinski definition) is 9. The zero-order chi connectivity index (χ0) is 25.5. The molecule has 0 aliphatic heterocycles. The summed E-state index contributed by atoms with van der Waals surface area (Å²) < 4.78 is 22.7. The van der Waals surface area contributed by atoms with Crippen molar-refractivity contribution >= 4 is 27.7 Å². The number of rotatable bonds is 8. The molecule has 0 fully saturated rings. The normalized spacial score (nSPS) is 11.2. The largest absolute Gasteiger partial charge is 0.477 e. The standard InChI is InChI=1S/C11H17N3O2.C10H14N2O4S/c1-7(2)5-8-6-9(10(15)16)13-11(12-8)14(3)4;1-6(2)4-7-5-8(9(13)14)12-10(11-7)17(3,15)16/h6-7H,5H2,1-4H3,(H,15,16);5-6H,4H2,1-3H3,(H,13,14). The Morgan fingerprint density at radius 1 is 0.848 bits per heavy atom. The van der Waals surface area contributed by atoms with Crippen molar-refractivity contribution in [1.29, 1.82) is 0 Å². The molecule has 0 atom stereocenters. The van der Waals surface area contributed by atoms with Crippen LogP contribution in [0.2, 0.25) is 0 Å². The summed E-state index contributed by atoms with van der Waals surface area (Å²) in [5, 5.41) is 17.4. The molecule has 0 aromatic carbocycles. The van der Waals surface area contributed by atoms with Crippen molar-refractivity contribution in [3.8, 4) is 0 Å². The molecular weight excluding hydrogens is 450 g/mol. The fourth-order valence-corrected chi connectivity index (χ4v) is 3.13. The Balaban J connectivity index is 0.000000331. The molecule has 2 aromatic heterocycles. The van der Waals surface area contributed by atoms with Gasteiger partial charge in [0.15, 0.2) is 11.4 Å². The van der Waals surface area contributed by atoms with Gasteiger partial charge < -0.3 is 15.1 Å². The summed E-state index contributed by atoms with van der Waals surface area (Å²) >= 11 is 0. The second-order valence-electron chi connectivity index (χ2n) is 8.54. The van der Waals surface area contributed by atoms with E-state index in [9.17, 15) is 18.0 Å². The second-order valence-corrected chi connectivity index (χ2v) is 10.5. The average molecular weight is 482 g/mol. The van der Waals surface area contributed by atoms with Gasteiger partial charge in [-0.1, -0.05) is 27.7 Å². The molecule has 33 heavy (non-hydrogen) atoms. The van der Waals surface area contributed by atoms with Crippen LogP contribution in [0, 0.1) is 11.8 Å². The van der Waals surface area contributed by atoms with E-state index in [1.165, 1.54) is 12.1 Å². The van der Waals surface area contributed by atoms with E-state index in [2.05, 4.69) is 33.8 Å². The van der Waals surface area contributed by atoms with Gasteiger partial charge in [-0.15, -0.1) is 0 Å². The fraction of sp³-hybridized carbons (Fsp3) is 0.524. The second kappa shape index (κ2) is 11.6. The molecule has 0 amide bonds. The minimum absolute atomic E-state index is 0.0503. The predicted molar refractivity (Wildman–Crippen MR) is 123 cm³/mol. The highest BCUT2D eigenvalue weighted by molar-refractivity contribution is 7.90. The molecule has 0 aliphatic rings. The number of anilines is 1. The first-order chi connectivity index (χ1) is 15.1. The number of hydrogen-bond donors (Lipinski definition) is 2. The molecule has 0 bridgehead atoms. The van der Waals surface area contributed by atoms with Crippen LogP contribution >= 0.6 is 0 Å². The Labute approximate surface area is 193 Å². The van der Waals surface area contributed by atoms with Gasteiger partial charge in [0, 0.05) is 31.7 Å². The quantitative estimate of drug-likeness (QED) is 0.531. The lowest BCUT2D eigenvalue weighted by molar-refractivity contribution is 0.0679. The molecule has 0 unspecified atom stereocenters. The van der Waals surface area contributed by atoms with Crippen molar-refractivity contribution in [3.05, 3.63) is 34.9 Å². The van der Waals surface area contributed by atoms with E-state index >= 15 is 0 Å². The molecule has 0 spiro atoms. The summed E-state index contributed by atoms with van der Waals surface area (Å²) in [5.74, 6) is -1.15. The van der Waals surface area contributed by atoms with Gasteiger partial charge in [0.05, 0.1) is 0 Å². The third-order valence-electron chi connectivity index (χ3n) is 3.93. The molecule has 11 nitrogen and oxygen atoms in total. The van der Waals surface area contributed by atoms with Crippen molar-refractivity contribution in [2.45, 2.75) is 45.7 Å². The Morgan fingerprint density at radius 2 is 1.27 bits per heavy atom. The number of aromatic carboxylic acids is 2. The number of carboxylic acid groups (broad SMARTS) is 2. The van der Waals surface area contributed by atoms with Gasteiger partial charge in [-0.25, -0.2) is 37.9 Å². The highest BCUT2D eigenvalue weighted by Crippen LogP contribution is 2.12. The van der Waals surface area contributed by atoms with Gasteiger partial charge in [0.2, 0.25) is 20.9 Å². The maximum Gasteiger partial charge on any atom is 0.354 e. The molecule has 182 valence electrons. The molecule has 2 heterocycles. The zero-order valence-electron chi connectivity index (χ0n) is 19.9. The summed E-state index contributed by atoms with van der Waals surface area (Å²) in [4.78, 5) is 39.1. The third-order valence-corrected chi connectivity index (χ3v) is 4.78. The van der Waals surface area contributed by atoms with E-state index in [-0.39, 0.29) is 17.3 Å². The van der Waals surface area contributed by atoms with Crippen LogP contribution in [-0.2, 0) is 22.7 Å². The van der Waals surface area contributed by atoms with E-state index in [1.807, 2.05) is 13.8 Å². The van der Waals surface area contributed by atoms with Gasteiger partial charge in [0.1, 0.15) is 0 Å². The first-order valence-electron chi connectivity index (χ1n) is 10.2. The van der Waals surface area contributed by atoms with Gasteiger partial charge >= 0.3 is 11.9 Å². The minimum Gasteiger partial charge on any atom is -0.477 e. The number of aromatic nitrogens is 4. The van der Waals surface area contributed by atoms with E-state index in [0.717, 1.165) is 18.4 Å². The monoisotopic (exact) mass is 481 g/mol. The van der Waals surface area contributed by atoms with Crippen LogP contribution in [0.5, 0.6) is 0 Å². The topological polar surface area (TPSA) is 164 Å². The van der Waals surface area contributed by atoms with Gasteiger partial charge in [-0.3, -0.25) is 0 Å². The van der Waals surface area contributed by atoms with Crippen LogP contribution in [-0.4, -0.2) is 70.9 Å². The number of sulfone groups is 1. The molecular formula is C21H31N5O6S. The van der Waals surface area contributed by atoms with Crippen molar-refractivity contribution in [2.24, 2.45) is 11.8 Å². The summed E-state index contributed by atoms with van der Waals surface area (Å²) in [7, 11) is -0.0191. The lowest BCUT2D eigenvalue weighted by Crippen LogP contribution is -2.16. The summed E-state index contributed by atoms with van der Waals surface area (Å²) in [5.41, 5.74) is 0.948. The van der Waals surface area contributed by atoms with E-state index < -0.39 is 26.9 Å². The first kappa shape index (κ1) is 27.9. The van der Waals surface area contributed by atoms with Crippen LogP contribution in [0.25, 0.3) is 0 Å². The maximum absolute atomic E-state index is 11.3. The minimum atomic E-state index is -3.60. The molecule has 0 saturated carbocycles. The maximum atomic E-state index is 11.3. The summed E-state index contributed by atoms with van der Waals surface area (Å²) in [6.07, 6.45) is 2.21. The SMILES string of the molecule is CC(C)Cc1cc(C(=O)O)nc(N(C)C)n1.CC(C)Cc1cc(C(=O)O)nc(S(C)(=O)=O)n1. The molecule has 0 saturated heterocycles. The van der Waals surface area contributed by atoms with Gasteiger partial charge in [-0.2, -0.15) is 0 Å². The Morgan fingerprint density at radius 3 is 1.64 bits per heavy atom. The van der Waals surface area contributed by atoms with Crippen LogP contribution < -0.4 is 4.90 Å². The highest BCUT2D eigenvalue weighted by Gasteiger charge is 2.17. The molecule has 2 N–H and O–H groups in total. The van der Waals surface area contributed by atoms with Crippen LogP contribution in [0.15, 0.2) is 17.3 Å². The predicted octanol–water partition coefficient (Wildman–Crippen LogP) is 2.22. The third kappa shape index (κ3) is 9.48. The first-order valence-corrected chi connectivity index (χ1v) is 12.1. The van der Waals surface area contributed by atoms with E-state index in [0.29, 0.717) is 24.0 Å². The van der Waals surface area contributed by atoms with Gasteiger partial charge in [-0.05, 0) is 36.8 Å². The average Bonchev–Trinajstić information content (AvgIpc) is 2.66. The Hall–Kier alpha value is -3.15. The molecule has 0 radical (unpaired) electrons. The lowest BCUT2D eigenvalue weighted by Gasteiger charge is -2.13. The van der Waals surface area contributed by atoms with Crippen LogP contribution in [0.4, 0.5) is 5.95 Å². The van der Waals surface area contributed by atoms with E-state index in [1.54, 1.807) is 19.0 Å². The smallest absolute Gasteiger partial charge is 0.354 e. The molecule has 2 rings (SSSR count). The molecule has 12 heteroatoms. The number of nitrogens with zero attached hydrogens (tertiary/aromatic N) is 5. The number of carboxylic acids is 2. The van der Waals surface area contributed by atoms with Crippen LogP contribution in [0.1, 0.15) is 60.1 Å². The zero-order valence-corrected chi connectivity index (χ0v) is 20.7. The lowest BCUT2D eigenvalue weighted by atomic mass is 10.1. The highest BCUT2D eigenvalue weighted by atomic mass is 32.2. The fourth-order valence-electron chi connectivity index (χ4n) is 2.59. The molecule has 0 aliphatic carbocycles. The summed E-state index contributed by atoms with van der Waals surface area (Å²) in [6.45, 7) is 8.00. The van der Waals surface area contributed by atoms with Crippen molar-refractivity contribution in [2.75, 3.05) is 25.3 Å². The number of carbonyl (C=O) groups is 2. The van der Waals surface area contributed by atoms with E-state index in [4.69, 9.17) is 10.2 Å². The van der Waals surface area contributed by atoms with Crippen molar-refractivity contribution in [3.63, 3.8) is 0 Å². The van der Waals surface area contributed by atoms with Gasteiger partial charge in [0.25, 0.3) is 0 Å². The molecule has 2 aromatic rings.